The predicted molar refractivity (Wildman–Crippen MR) is 132 cm³/mol. The molecule has 1 atom stereocenters. The topological polar surface area (TPSA) is 67.2 Å². The minimum absolute atomic E-state index is 0.472. The van der Waals surface area contributed by atoms with Gasteiger partial charge in [-0.3, -0.25) is 4.79 Å². The lowest BCUT2D eigenvalue weighted by Gasteiger charge is -2.13. The number of rotatable bonds is 9. The number of carbonyl (C=O) groups is 1. The zero-order chi connectivity index (χ0) is 23.0. The van der Waals surface area contributed by atoms with E-state index in [0.717, 1.165) is 47.5 Å². The summed E-state index contributed by atoms with van der Waals surface area (Å²) >= 11 is 0. The summed E-state index contributed by atoms with van der Waals surface area (Å²) in [6.07, 6.45) is 2.07. The van der Waals surface area contributed by atoms with Gasteiger partial charge in [0.05, 0.1) is 0 Å². The van der Waals surface area contributed by atoms with Crippen LogP contribution in [0, 0.1) is 0 Å². The lowest BCUT2D eigenvalue weighted by atomic mass is 9.98. The molecule has 0 amide bonds. The van der Waals surface area contributed by atoms with Gasteiger partial charge in [0.25, 0.3) is 0 Å². The molecular formula is C29H29N2O2+. The first-order valence-corrected chi connectivity index (χ1v) is 11.4. The number of benzene rings is 3. The average Bonchev–Trinajstić information content (AvgIpc) is 2.87. The highest BCUT2D eigenvalue weighted by molar-refractivity contribution is 5.74. The van der Waals surface area contributed by atoms with E-state index in [1.165, 1.54) is 5.56 Å². The number of nitrogens with zero attached hydrogens (tertiary/aromatic N) is 1. The third kappa shape index (κ3) is 5.54. The standard InChI is InChI=1S/C29H28N2O2/c30-26(29(32)33)18-10-11-19-31-27(23-14-6-2-7-15-23)20-25(22-12-4-1-5-13-22)21-28(31)24-16-8-3-9-17-24/h1-9,12-17,20-21,26H,10-11,18-19,30H2/p+1. The fourth-order valence-electron chi connectivity index (χ4n) is 4.11. The van der Waals surface area contributed by atoms with Gasteiger partial charge >= 0.3 is 5.97 Å². The Kier molecular flexibility index (Phi) is 7.28. The van der Waals surface area contributed by atoms with E-state index in [1.807, 2.05) is 18.2 Å². The van der Waals surface area contributed by atoms with Crippen molar-refractivity contribution >= 4 is 5.97 Å². The Labute approximate surface area is 195 Å². The van der Waals surface area contributed by atoms with Gasteiger partial charge in [0.15, 0.2) is 0 Å². The molecule has 0 aliphatic heterocycles. The number of aliphatic carboxylic acids is 1. The smallest absolute Gasteiger partial charge is 0.320 e. The monoisotopic (exact) mass is 437 g/mol. The van der Waals surface area contributed by atoms with Crippen molar-refractivity contribution in [3.63, 3.8) is 0 Å². The third-order valence-corrected chi connectivity index (χ3v) is 5.88. The van der Waals surface area contributed by atoms with Crippen LogP contribution in [0.1, 0.15) is 19.3 Å². The fraction of sp³-hybridized carbons (Fsp3) is 0.172. The number of hydrogen-bond donors (Lipinski definition) is 2. The van der Waals surface area contributed by atoms with Gasteiger partial charge in [-0.25, -0.2) is 0 Å². The minimum atomic E-state index is -0.940. The third-order valence-electron chi connectivity index (χ3n) is 5.88. The molecule has 33 heavy (non-hydrogen) atoms. The molecule has 4 aromatic rings. The first-order chi connectivity index (χ1) is 16.1. The second-order valence-electron chi connectivity index (χ2n) is 8.20. The van der Waals surface area contributed by atoms with Gasteiger partial charge in [-0.1, -0.05) is 66.7 Å². The second kappa shape index (κ2) is 10.7. The van der Waals surface area contributed by atoms with E-state index in [1.54, 1.807) is 0 Å². The number of hydrogen-bond acceptors (Lipinski definition) is 2. The summed E-state index contributed by atoms with van der Waals surface area (Å²) in [4.78, 5) is 11.1. The number of pyridine rings is 1. The highest BCUT2D eigenvalue weighted by atomic mass is 16.4. The van der Waals surface area contributed by atoms with Gasteiger partial charge in [-0.15, -0.1) is 0 Å². The Morgan fingerprint density at radius 1 is 0.697 bits per heavy atom. The lowest BCUT2D eigenvalue weighted by molar-refractivity contribution is -0.675. The summed E-state index contributed by atoms with van der Waals surface area (Å²) in [5.41, 5.74) is 12.6. The molecule has 4 nitrogen and oxygen atoms in total. The minimum Gasteiger partial charge on any atom is -0.480 e. The Hall–Kier alpha value is -3.76. The van der Waals surface area contributed by atoms with Gasteiger partial charge in [0, 0.05) is 29.7 Å². The Balaban J connectivity index is 1.80. The molecule has 4 rings (SSSR count). The Bertz CT molecular complexity index is 1130. The summed E-state index contributed by atoms with van der Waals surface area (Å²) in [5, 5.41) is 9.09. The van der Waals surface area contributed by atoms with Crippen LogP contribution in [0.5, 0.6) is 0 Å². The first kappa shape index (κ1) is 22.4. The van der Waals surface area contributed by atoms with E-state index in [9.17, 15) is 4.79 Å². The summed E-state index contributed by atoms with van der Waals surface area (Å²) in [7, 11) is 0. The van der Waals surface area contributed by atoms with Crippen molar-refractivity contribution in [2.45, 2.75) is 31.8 Å². The summed E-state index contributed by atoms with van der Waals surface area (Å²) in [6, 6.07) is 34.9. The predicted octanol–water partition coefficient (Wildman–Crippen LogP) is 5.56. The van der Waals surface area contributed by atoms with Crippen molar-refractivity contribution in [3.05, 3.63) is 103 Å². The molecule has 0 aliphatic carbocycles. The maximum absolute atomic E-state index is 11.1. The number of nitrogens with two attached hydrogens (primary N) is 1. The molecule has 0 aliphatic rings. The van der Waals surface area contributed by atoms with Crippen molar-refractivity contribution < 1.29 is 14.5 Å². The molecule has 0 saturated carbocycles. The molecule has 4 heteroatoms. The van der Waals surface area contributed by atoms with Crippen molar-refractivity contribution in [3.8, 4) is 33.6 Å². The molecule has 0 saturated heterocycles. The largest absolute Gasteiger partial charge is 0.480 e. The van der Waals surface area contributed by atoms with E-state index < -0.39 is 12.0 Å². The molecule has 1 heterocycles. The molecule has 0 bridgehead atoms. The molecule has 1 aromatic heterocycles. The molecule has 0 radical (unpaired) electrons. The molecule has 1 unspecified atom stereocenters. The average molecular weight is 438 g/mol. The molecular weight excluding hydrogens is 408 g/mol. The lowest BCUT2D eigenvalue weighted by Crippen LogP contribution is -2.39. The van der Waals surface area contributed by atoms with Crippen LogP contribution >= 0.6 is 0 Å². The molecule has 166 valence electrons. The van der Waals surface area contributed by atoms with Gasteiger partial charge in [-0.2, -0.15) is 4.57 Å². The highest BCUT2D eigenvalue weighted by Crippen LogP contribution is 2.29. The number of aromatic nitrogens is 1. The van der Waals surface area contributed by atoms with E-state index in [4.69, 9.17) is 10.8 Å². The Morgan fingerprint density at radius 2 is 1.15 bits per heavy atom. The SMILES string of the molecule is NC(CCCC[n+]1c(-c2ccccc2)cc(-c2ccccc2)cc1-c1ccccc1)C(=O)O. The van der Waals surface area contributed by atoms with Crippen LogP contribution in [-0.2, 0) is 11.3 Å². The van der Waals surface area contributed by atoms with E-state index >= 15 is 0 Å². The van der Waals surface area contributed by atoms with Crippen LogP contribution < -0.4 is 10.3 Å². The van der Waals surface area contributed by atoms with Crippen LogP contribution in [0.2, 0.25) is 0 Å². The summed E-state index contributed by atoms with van der Waals surface area (Å²) in [5.74, 6) is -0.940. The van der Waals surface area contributed by atoms with Crippen LogP contribution in [-0.4, -0.2) is 17.1 Å². The van der Waals surface area contributed by atoms with Crippen LogP contribution in [0.3, 0.4) is 0 Å². The van der Waals surface area contributed by atoms with Gasteiger partial charge in [0.1, 0.15) is 12.6 Å². The first-order valence-electron chi connectivity index (χ1n) is 11.4. The number of unbranched alkanes of at least 4 members (excludes halogenated alkanes) is 1. The number of carboxylic acids is 1. The maximum atomic E-state index is 11.1. The summed E-state index contributed by atoms with van der Waals surface area (Å²) < 4.78 is 2.35. The van der Waals surface area contributed by atoms with Crippen molar-refractivity contribution in [1.82, 2.24) is 0 Å². The van der Waals surface area contributed by atoms with E-state index in [2.05, 4.69) is 89.5 Å². The van der Waals surface area contributed by atoms with E-state index in [0.29, 0.717) is 6.42 Å². The Morgan fingerprint density at radius 3 is 1.61 bits per heavy atom. The second-order valence-corrected chi connectivity index (χ2v) is 8.20. The van der Waals surface area contributed by atoms with Gasteiger partial charge < -0.3 is 10.8 Å². The van der Waals surface area contributed by atoms with Gasteiger partial charge in [0.2, 0.25) is 11.4 Å². The van der Waals surface area contributed by atoms with Crippen molar-refractivity contribution in [2.75, 3.05) is 0 Å². The van der Waals surface area contributed by atoms with Crippen LogP contribution in [0.25, 0.3) is 33.6 Å². The van der Waals surface area contributed by atoms with Crippen molar-refractivity contribution in [1.29, 1.82) is 0 Å². The van der Waals surface area contributed by atoms with Crippen molar-refractivity contribution in [2.24, 2.45) is 5.73 Å². The zero-order valence-corrected chi connectivity index (χ0v) is 18.6. The molecule has 0 spiro atoms. The normalized spacial score (nSPS) is 11.8. The van der Waals surface area contributed by atoms with Crippen LogP contribution in [0.15, 0.2) is 103 Å². The fourth-order valence-corrected chi connectivity index (χ4v) is 4.11. The quantitative estimate of drug-likeness (QED) is 0.266. The van der Waals surface area contributed by atoms with Crippen LogP contribution in [0.4, 0.5) is 0 Å². The number of carboxylic acid groups (broad SMARTS) is 1. The highest BCUT2D eigenvalue weighted by Gasteiger charge is 2.22. The van der Waals surface area contributed by atoms with Gasteiger partial charge in [-0.05, 0) is 48.2 Å². The maximum Gasteiger partial charge on any atom is 0.320 e. The summed E-state index contributed by atoms with van der Waals surface area (Å²) in [6.45, 7) is 0.774. The zero-order valence-electron chi connectivity index (χ0n) is 18.6. The molecule has 3 N–H and O–H groups in total. The molecule has 0 fully saturated rings. The van der Waals surface area contributed by atoms with E-state index in [-0.39, 0.29) is 0 Å². The molecule has 3 aromatic carbocycles.